The number of carbonyl (C=O) groups is 1. The lowest BCUT2D eigenvalue weighted by molar-refractivity contribution is -0.201. The Bertz CT molecular complexity index is 369. The average molecular weight is 236 g/mol. The van der Waals surface area contributed by atoms with Crippen molar-refractivity contribution in [3.8, 4) is 6.07 Å². The lowest BCUT2D eigenvalue weighted by Crippen LogP contribution is -2.74. The Hall–Kier alpha value is -1.24. The van der Waals surface area contributed by atoms with Gasteiger partial charge in [-0.15, -0.1) is 0 Å². The van der Waals surface area contributed by atoms with Crippen LogP contribution in [0, 0.1) is 16.7 Å². The number of ether oxygens (including phenoxy) is 1. The third kappa shape index (κ3) is 1.88. The van der Waals surface area contributed by atoms with Gasteiger partial charge in [0, 0.05) is 19.0 Å². The summed E-state index contributed by atoms with van der Waals surface area (Å²) in [6.07, 6.45) is 3.26. The van der Waals surface area contributed by atoms with Crippen molar-refractivity contribution in [3.63, 3.8) is 0 Å². The van der Waals surface area contributed by atoms with Crippen LogP contribution < -0.4 is 0 Å². The topological polar surface area (TPSA) is 53.3 Å². The molecule has 0 aromatic heterocycles. The molecule has 0 radical (unpaired) electrons. The van der Waals surface area contributed by atoms with Crippen LogP contribution in [0.1, 0.15) is 46.5 Å². The molecule has 0 aliphatic heterocycles. The Morgan fingerprint density at radius 3 is 2.35 bits per heavy atom. The molecule has 3 fully saturated rings. The summed E-state index contributed by atoms with van der Waals surface area (Å²) in [6.45, 7) is 5.62. The molecule has 94 valence electrons. The fraction of sp³-hybridized carbons (Fsp3) is 0.846. The Labute approximate surface area is 103 Å². The van der Waals surface area contributed by atoms with Crippen LogP contribution in [0.15, 0.2) is 0 Å². The summed E-state index contributed by atoms with van der Waals surface area (Å²) >= 11 is 0. The van der Waals surface area contributed by atoms with E-state index in [1.807, 2.05) is 27.8 Å². The number of nitrogens with zero attached hydrogens (tertiary/aromatic N) is 2. The van der Waals surface area contributed by atoms with E-state index in [1.165, 1.54) is 0 Å². The van der Waals surface area contributed by atoms with Gasteiger partial charge >= 0.3 is 6.09 Å². The summed E-state index contributed by atoms with van der Waals surface area (Å²) in [5.74, 6) is 0. The van der Waals surface area contributed by atoms with E-state index in [-0.39, 0.29) is 17.0 Å². The van der Waals surface area contributed by atoms with Crippen LogP contribution in [0.4, 0.5) is 4.79 Å². The van der Waals surface area contributed by atoms with Crippen LogP contribution in [0.3, 0.4) is 0 Å². The van der Waals surface area contributed by atoms with Crippen molar-refractivity contribution in [2.24, 2.45) is 5.41 Å². The Kier molecular flexibility index (Phi) is 2.43. The molecule has 4 heteroatoms. The zero-order chi connectivity index (χ0) is 12.9. The van der Waals surface area contributed by atoms with Crippen LogP contribution in [0.2, 0.25) is 0 Å². The first kappa shape index (κ1) is 12.2. The number of hydrogen-bond donors (Lipinski definition) is 0. The summed E-state index contributed by atoms with van der Waals surface area (Å²) < 4.78 is 5.36. The van der Waals surface area contributed by atoms with Crippen molar-refractivity contribution >= 4 is 6.09 Å². The second-order valence-electron chi connectivity index (χ2n) is 6.63. The first-order valence-electron chi connectivity index (χ1n) is 6.06. The molecule has 0 atom stereocenters. The summed E-state index contributed by atoms with van der Waals surface area (Å²) in [4.78, 5) is 13.7. The maximum Gasteiger partial charge on any atom is 0.410 e. The highest BCUT2D eigenvalue weighted by molar-refractivity contribution is 5.70. The van der Waals surface area contributed by atoms with Gasteiger partial charge in [0.1, 0.15) is 5.60 Å². The van der Waals surface area contributed by atoms with Crippen molar-refractivity contribution in [2.45, 2.75) is 57.6 Å². The molecule has 3 aliphatic carbocycles. The largest absolute Gasteiger partial charge is 0.444 e. The van der Waals surface area contributed by atoms with Gasteiger partial charge in [0.05, 0.1) is 6.07 Å². The molecule has 1 amide bonds. The van der Waals surface area contributed by atoms with Gasteiger partial charge < -0.3 is 9.64 Å². The van der Waals surface area contributed by atoms with E-state index in [9.17, 15) is 4.79 Å². The molecular formula is C13H20N2O2. The highest BCUT2D eigenvalue weighted by atomic mass is 16.6. The fourth-order valence-electron chi connectivity index (χ4n) is 3.17. The zero-order valence-corrected chi connectivity index (χ0v) is 11.0. The van der Waals surface area contributed by atoms with Crippen molar-refractivity contribution in [1.29, 1.82) is 5.26 Å². The van der Waals surface area contributed by atoms with E-state index in [0.717, 1.165) is 19.3 Å². The van der Waals surface area contributed by atoms with Gasteiger partial charge in [0.15, 0.2) is 0 Å². The Morgan fingerprint density at radius 2 is 1.94 bits per heavy atom. The number of hydrogen-bond acceptors (Lipinski definition) is 3. The van der Waals surface area contributed by atoms with E-state index < -0.39 is 5.60 Å². The lowest BCUT2D eigenvalue weighted by Gasteiger charge is -2.72. The molecule has 3 rings (SSSR count). The number of nitriles is 1. The Balaban J connectivity index is 1.90. The predicted octanol–water partition coefficient (Wildman–Crippen LogP) is 2.69. The normalized spacial score (nSPS) is 34.1. The van der Waals surface area contributed by atoms with E-state index in [1.54, 1.807) is 4.90 Å². The maximum atomic E-state index is 11.9. The average Bonchev–Trinajstić information content (AvgIpc) is 2.04. The quantitative estimate of drug-likeness (QED) is 0.740. The summed E-state index contributed by atoms with van der Waals surface area (Å²) in [5, 5.41) is 8.72. The smallest absolute Gasteiger partial charge is 0.410 e. The van der Waals surface area contributed by atoms with Crippen LogP contribution in [0.25, 0.3) is 0 Å². The molecule has 3 saturated carbocycles. The molecule has 0 spiro atoms. The molecule has 0 saturated heterocycles. The first-order valence-corrected chi connectivity index (χ1v) is 6.06. The van der Waals surface area contributed by atoms with Gasteiger partial charge in [-0.2, -0.15) is 5.26 Å². The lowest BCUT2D eigenvalue weighted by atomic mass is 9.38. The molecular weight excluding hydrogens is 216 g/mol. The van der Waals surface area contributed by atoms with E-state index in [0.29, 0.717) is 6.42 Å². The van der Waals surface area contributed by atoms with Crippen molar-refractivity contribution in [1.82, 2.24) is 4.90 Å². The molecule has 4 nitrogen and oxygen atoms in total. The fourth-order valence-corrected chi connectivity index (χ4v) is 3.17. The van der Waals surface area contributed by atoms with Gasteiger partial charge in [0.25, 0.3) is 0 Å². The van der Waals surface area contributed by atoms with Gasteiger partial charge in [-0.1, -0.05) is 0 Å². The zero-order valence-electron chi connectivity index (χ0n) is 11.0. The SMILES string of the molecule is CN(C(=O)OC(C)(C)C)C12CC(CC#N)(C1)C2. The number of rotatable bonds is 2. The van der Waals surface area contributed by atoms with Crippen LogP contribution in [0.5, 0.6) is 0 Å². The molecule has 3 aliphatic rings. The number of amides is 1. The third-order valence-electron chi connectivity index (χ3n) is 3.95. The summed E-state index contributed by atoms with van der Waals surface area (Å²) in [7, 11) is 1.81. The molecule has 0 N–H and O–H groups in total. The van der Waals surface area contributed by atoms with Gasteiger partial charge in [-0.05, 0) is 45.4 Å². The minimum absolute atomic E-state index is 0.0147. The maximum absolute atomic E-state index is 11.9. The van der Waals surface area contributed by atoms with Crippen molar-refractivity contribution in [3.05, 3.63) is 0 Å². The third-order valence-corrected chi connectivity index (χ3v) is 3.95. The second kappa shape index (κ2) is 3.38. The van der Waals surface area contributed by atoms with Gasteiger partial charge in [-0.25, -0.2) is 4.79 Å². The van der Waals surface area contributed by atoms with Crippen LogP contribution in [-0.4, -0.2) is 29.2 Å². The predicted molar refractivity (Wildman–Crippen MR) is 63.2 cm³/mol. The Morgan fingerprint density at radius 1 is 1.41 bits per heavy atom. The molecule has 0 aromatic rings. The second-order valence-corrected chi connectivity index (χ2v) is 6.63. The molecule has 17 heavy (non-hydrogen) atoms. The molecule has 0 unspecified atom stereocenters. The van der Waals surface area contributed by atoms with E-state index in [4.69, 9.17) is 10.00 Å². The van der Waals surface area contributed by atoms with Gasteiger partial charge in [-0.3, -0.25) is 0 Å². The van der Waals surface area contributed by atoms with Crippen LogP contribution >= 0.6 is 0 Å². The highest BCUT2D eigenvalue weighted by Gasteiger charge is 2.70. The highest BCUT2D eigenvalue weighted by Crippen LogP contribution is 2.71. The first-order chi connectivity index (χ1) is 7.72. The van der Waals surface area contributed by atoms with Gasteiger partial charge in [0.2, 0.25) is 0 Å². The monoisotopic (exact) mass is 236 g/mol. The minimum atomic E-state index is -0.445. The van der Waals surface area contributed by atoms with E-state index in [2.05, 4.69) is 6.07 Å². The van der Waals surface area contributed by atoms with Crippen molar-refractivity contribution in [2.75, 3.05) is 7.05 Å². The summed E-state index contributed by atoms with van der Waals surface area (Å²) in [6, 6.07) is 2.24. The standard InChI is InChI=1S/C13H20N2O2/c1-11(2,3)17-10(16)15(4)13-7-12(8-13,9-13)5-6-14/h5,7-9H2,1-4H3. The van der Waals surface area contributed by atoms with Crippen LogP contribution in [-0.2, 0) is 4.74 Å². The summed E-state index contributed by atoms with van der Waals surface area (Å²) in [5.41, 5.74) is -0.247. The van der Waals surface area contributed by atoms with E-state index >= 15 is 0 Å². The molecule has 0 aromatic carbocycles. The molecule has 2 bridgehead atoms. The van der Waals surface area contributed by atoms with Crippen molar-refractivity contribution < 1.29 is 9.53 Å². The minimum Gasteiger partial charge on any atom is -0.444 e. The molecule has 0 heterocycles. The number of carbonyl (C=O) groups excluding carboxylic acids is 1.